The molecule has 2 aromatic rings. The number of hydrogen-bond acceptors (Lipinski definition) is 2. The van der Waals surface area contributed by atoms with Gasteiger partial charge >= 0.3 is 0 Å². The third-order valence-corrected chi connectivity index (χ3v) is 2.85. The Morgan fingerprint density at radius 1 is 0.909 bits per heavy atom. The van der Waals surface area contributed by atoms with Crippen molar-refractivity contribution < 1.29 is 4.74 Å². The van der Waals surface area contributed by atoms with Crippen LogP contribution in [0, 0.1) is 0 Å². The average molecular weight is 295 g/mol. The van der Waals surface area contributed by atoms with Gasteiger partial charge in [-0.15, -0.1) is 0 Å². The molecule has 0 aliphatic heterocycles. The highest BCUT2D eigenvalue weighted by Gasteiger charge is 1.87. The fourth-order valence-electron chi connectivity index (χ4n) is 1.58. The number of ether oxygens (including phenoxy) is 1. The quantitative estimate of drug-likeness (QED) is 0.572. The van der Waals surface area contributed by atoms with Crippen molar-refractivity contribution in [3.05, 3.63) is 84.6 Å². The van der Waals surface area contributed by atoms with E-state index in [1.807, 2.05) is 86.9 Å². The molecule has 116 valence electrons. The molecule has 0 radical (unpaired) electrons. The maximum absolute atomic E-state index is 5.33. The van der Waals surface area contributed by atoms with Crippen LogP contribution >= 0.6 is 0 Å². The molecule has 0 aromatic heterocycles. The lowest BCUT2D eigenvalue weighted by Gasteiger charge is -2.07. The standard InChI is InChI=1S/C12H17NO.C8H8/c1-13(2)9-11-14-10-8-12-6-4-3-5-7-12;1-2-8-6-4-3-5-7-8/h3-8,10H,9,11H2,1-2H3;2-7H,1H2. The lowest BCUT2D eigenvalue weighted by Crippen LogP contribution is -2.16. The van der Waals surface area contributed by atoms with E-state index in [0.29, 0.717) is 0 Å². The minimum absolute atomic E-state index is 0.732. The van der Waals surface area contributed by atoms with Gasteiger partial charge in [0.05, 0.1) is 12.9 Å². The third kappa shape index (κ3) is 8.77. The summed E-state index contributed by atoms with van der Waals surface area (Å²) >= 11 is 0. The maximum atomic E-state index is 5.33. The van der Waals surface area contributed by atoms with Crippen LogP contribution in [0.2, 0.25) is 0 Å². The first-order chi connectivity index (χ1) is 10.7. The van der Waals surface area contributed by atoms with Crippen LogP contribution in [0.5, 0.6) is 0 Å². The largest absolute Gasteiger partial charge is 0.500 e. The van der Waals surface area contributed by atoms with Gasteiger partial charge in [-0.3, -0.25) is 0 Å². The Hall–Kier alpha value is -2.32. The van der Waals surface area contributed by atoms with Crippen LogP contribution in [-0.2, 0) is 4.74 Å². The fourth-order valence-corrected chi connectivity index (χ4v) is 1.58. The number of nitrogens with zero attached hydrogens (tertiary/aromatic N) is 1. The van der Waals surface area contributed by atoms with Gasteiger partial charge < -0.3 is 9.64 Å². The Labute approximate surface area is 134 Å². The molecule has 0 heterocycles. The van der Waals surface area contributed by atoms with Crippen molar-refractivity contribution in [2.45, 2.75) is 0 Å². The molecule has 2 heteroatoms. The van der Waals surface area contributed by atoms with E-state index >= 15 is 0 Å². The van der Waals surface area contributed by atoms with E-state index in [2.05, 4.69) is 11.5 Å². The highest BCUT2D eigenvalue weighted by Crippen LogP contribution is 2.00. The van der Waals surface area contributed by atoms with Crippen molar-refractivity contribution in [2.75, 3.05) is 27.2 Å². The van der Waals surface area contributed by atoms with Crippen molar-refractivity contribution in [2.24, 2.45) is 0 Å². The van der Waals surface area contributed by atoms with Gasteiger partial charge in [-0.2, -0.15) is 0 Å². The highest BCUT2D eigenvalue weighted by molar-refractivity contribution is 5.47. The van der Waals surface area contributed by atoms with Crippen molar-refractivity contribution in [1.82, 2.24) is 4.90 Å². The van der Waals surface area contributed by atoms with Gasteiger partial charge in [0, 0.05) is 6.54 Å². The first-order valence-electron chi connectivity index (χ1n) is 7.38. The van der Waals surface area contributed by atoms with Gasteiger partial charge in [-0.1, -0.05) is 73.3 Å². The Kier molecular flexibility index (Phi) is 9.15. The lowest BCUT2D eigenvalue weighted by molar-refractivity contribution is 0.214. The molecular formula is C20H25NO. The zero-order valence-electron chi connectivity index (χ0n) is 13.5. The van der Waals surface area contributed by atoms with Gasteiger partial charge in [0.2, 0.25) is 0 Å². The highest BCUT2D eigenvalue weighted by atomic mass is 16.5. The second kappa shape index (κ2) is 11.4. The minimum Gasteiger partial charge on any atom is -0.500 e. The first-order valence-corrected chi connectivity index (χ1v) is 7.38. The summed E-state index contributed by atoms with van der Waals surface area (Å²) in [5, 5.41) is 0. The summed E-state index contributed by atoms with van der Waals surface area (Å²) in [6, 6.07) is 20.2. The molecule has 0 unspecified atom stereocenters. The summed E-state index contributed by atoms with van der Waals surface area (Å²) < 4.78 is 5.33. The van der Waals surface area contributed by atoms with Crippen LogP contribution in [0.15, 0.2) is 73.5 Å². The van der Waals surface area contributed by atoms with E-state index in [-0.39, 0.29) is 0 Å². The molecule has 0 aliphatic carbocycles. The second-order valence-corrected chi connectivity index (χ2v) is 5.00. The predicted molar refractivity (Wildman–Crippen MR) is 96.5 cm³/mol. The van der Waals surface area contributed by atoms with E-state index in [4.69, 9.17) is 4.74 Å². The molecule has 0 atom stereocenters. The number of hydrogen-bond donors (Lipinski definition) is 0. The molecule has 0 fully saturated rings. The van der Waals surface area contributed by atoms with Crippen molar-refractivity contribution in [3.8, 4) is 0 Å². The summed E-state index contributed by atoms with van der Waals surface area (Å²) in [5.41, 5.74) is 2.34. The fraction of sp³-hybridized carbons (Fsp3) is 0.200. The number of rotatable bonds is 6. The Bertz CT molecular complexity index is 532. The summed E-state index contributed by atoms with van der Waals surface area (Å²) in [6.45, 7) is 5.31. The molecule has 2 aromatic carbocycles. The van der Waals surface area contributed by atoms with Crippen molar-refractivity contribution >= 4 is 12.2 Å². The van der Waals surface area contributed by atoms with Gasteiger partial charge in [0.25, 0.3) is 0 Å². The smallest absolute Gasteiger partial charge is 0.0999 e. The second-order valence-electron chi connectivity index (χ2n) is 5.00. The minimum atomic E-state index is 0.732. The summed E-state index contributed by atoms with van der Waals surface area (Å²) in [4.78, 5) is 2.09. The normalized spacial score (nSPS) is 10.1. The number of benzene rings is 2. The molecule has 0 amide bonds. The predicted octanol–water partition coefficient (Wildman–Crippen LogP) is 4.57. The van der Waals surface area contributed by atoms with E-state index in [0.717, 1.165) is 18.7 Å². The Morgan fingerprint density at radius 3 is 1.91 bits per heavy atom. The average Bonchev–Trinajstić information content (AvgIpc) is 2.56. The van der Waals surface area contributed by atoms with Gasteiger partial charge in [0.15, 0.2) is 0 Å². The molecule has 22 heavy (non-hydrogen) atoms. The topological polar surface area (TPSA) is 12.5 Å². The van der Waals surface area contributed by atoms with E-state index in [1.165, 1.54) is 5.56 Å². The third-order valence-electron chi connectivity index (χ3n) is 2.85. The van der Waals surface area contributed by atoms with E-state index < -0.39 is 0 Å². The van der Waals surface area contributed by atoms with Crippen LogP contribution in [-0.4, -0.2) is 32.1 Å². The molecular weight excluding hydrogens is 270 g/mol. The van der Waals surface area contributed by atoms with Gasteiger partial charge in [-0.05, 0) is 31.3 Å². The van der Waals surface area contributed by atoms with E-state index in [9.17, 15) is 0 Å². The van der Waals surface area contributed by atoms with E-state index in [1.54, 1.807) is 6.26 Å². The molecule has 0 N–H and O–H groups in total. The molecule has 2 nitrogen and oxygen atoms in total. The zero-order chi connectivity index (χ0) is 16.0. The molecule has 2 rings (SSSR count). The lowest BCUT2D eigenvalue weighted by atomic mass is 10.2. The molecule has 0 bridgehead atoms. The van der Waals surface area contributed by atoms with Crippen LogP contribution < -0.4 is 0 Å². The van der Waals surface area contributed by atoms with Crippen LogP contribution in [0.3, 0.4) is 0 Å². The summed E-state index contributed by atoms with van der Waals surface area (Å²) in [6.07, 6.45) is 5.55. The SMILES string of the molecule is C=Cc1ccccc1.CN(C)CCOC=Cc1ccccc1. The molecule has 0 saturated heterocycles. The van der Waals surface area contributed by atoms with Crippen LogP contribution in [0.4, 0.5) is 0 Å². The monoisotopic (exact) mass is 295 g/mol. The van der Waals surface area contributed by atoms with Gasteiger partial charge in [-0.25, -0.2) is 0 Å². The Balaban J connectivity index is 0.000000255. The van der Waals surface area contributed by atoms with Gasteiger partial charge in [0.1, 0.15) is 0 Å². The summed E-state index contributed by atoms with van der Waals surface area (Å²) in [5.74, 6) is 0. The maximum Gasteiger partial charge on any atom is 0.0999 e. The molecule has 0 saturated carbocycles. The summed E-state index contributed by atoms with van der Waals surface area (Å²) in [7, 11) is 4.06. The van der Waals surface area contributed by atoms with Crippen molar-refractivity contribution in [3.63, 3.8) is 0 Å². The van der Waals surface area contributed by atoms with Crippen LogP contribution in [0.1, 0.15) is 11.1 Å². The van der Waals surface area contributed by atoms with Crippen LogP contribution in [0.25, 0.3) is 12.2 Å². The molecule has 0 spiro atoms. The van der Waals surface area contributed by atoms with Crippen molar-refractivity contribution in [1.29, 1.82) is 0 Å². The zero-order valence-corrected chi connectivity index (χ0v) is 13.5. The first kappa shape index (κ1) is 17.7. The number of likely N-dealkylation sites (N-methyl/N-ethyl adjacent to an activating group) is 1. The Morgan fingerprint density at radius 2 is 1.45 bits per heavy atom. The molecule has 0 aliphatic rings.